The molecule has 2 heterocycles. The standard InChI is InChI=1S/C31H30N6O7S/c1-36-31(33-34-35-36)45-19-23(38)18-43-29-25(32-24(39)17-20-11-5-2-6-12-20)27(40)37(29)28(41)30(42)44-26(21-13-7-3-8-14-21)22-15-9-4-10-16-22/h2-16,25-26,28-29,41H,17-19H2,1H3,(H,32,39)/t25-,28?,29+/m0/s1. The Bertz CT molecular complexity index is 1580. The van der Waals surface area contributed by atoms with Crippen LogP contribution in [0.5, 0.6) is 0 Å². The van der Waals surface area contributed by atoms with Gasteiger partial charge in [0.05, 0.1) is 12.2 Å². The predicted octanol–water partition coefficient (Wildman–Crippen LogP) is 1.43. The van der Waals surface area contributed by atoms with E-state index in [0.29, 0.717) is 16.3 Å². The molecule has 45 heavy (non-hydrogen) atoms. The normalized spacial score (nSPS) is 16.6. The Hall–Kier alpha value is -4.92. The SMILES string of the molecule is Cn1nnnc1SCC(=O)CO[C@@H]1[C@@H](NC(=O)Cc2ccccc2)C(=O)N1C(O)C(=O)OC(c1ccccc1)c1ccccc1. The molecule has 1 aliphatic heterocycles. The van der Waals surface area contributed by atoms with Crippen LogP contribution in [0.4, 0.5) is 0 Å². The first-order valence-electron chi connectivity index (χ1n) is 13.9. The van der Waals surface area contributed by atoms with E-state index >= 15 is 0 Å². The number of carbonyl (C=O) groups is 4. The van der Waals surface area contributed by atoms with Crippen molar-refractivity contribution in [2.24, 2.45) is 7.05 Å². The van der Waals surface area contributed by atoms with Crippen molar-refractivity contribution in [3.05, 3.63) is 108 Å². The number of aromatic nitrogens is 4. The molecule has 0 saturated carbocycles. The van der Waals surface area contributed by atoms with Crippen LogP contribution in [0.1, 0.15) is 22.8 Å². The highest BCUT2D eigenvalue weighted by atomic mass is 32.2. The van der Waals surface area contributed by atoms with E-state index in [1.54, 1.807) is 79.8 Å². The summed E-state index contributed by atoms with van der Waals surface area (Å²) in [6.07, 6.45) is -4.29. The zero-order chi connectivity index (χ0) is 31.8. The van der Waals surface area contributed by atoms with E-state index in [4.69, 9.17) is 9.47 Å². The summed E-state index contributed by atoms with van der Waals surface area (Å²) < 4.78 is 12.9. The van der Waals surface area contributed by atoms with Gasteiger partial charge in [-0.1, -0.05) is 103 Å². The number of ketones is 1. The van der Waals surface area contributed by atoms with E-state index < -0.39 is 49.0 Å². The molecule has 2 N–H and O–H groups in total. The van der Waals surface area contributed by atoms with Gasteiger partial charge in [-0.2, -0.15) is 0 Å². The lowest BCUT2D eigenvalue weighted by Crippen LogP contribution is -2.75. The molecule has 13 nitrogen and oxygen atoms in total. The Morgan fingerprint density at radius 2 is 1.56 bits per heavy atom. The number of aryl methyl sites for hydroxylation is 1. The highest BCUT2D eigenvalue weighted by Gasteiger charge is 2.54. The van der Waals surface area contributed by atoms with Gasteiger partial charge in [-0.25, -0.2) is 9.48 Å². The molecule has 4 aromatic rings. The molecular formula is C31H30N6O7S. The molecule has 3 atom stereocenters. The molecular weight excluding hydrogens is 600 g/mol. The summed E-state index contributed by atoms with van der Waals surface area (Å²) in [6.45, 7) is -0.476. The molecule has 14 heteroatoms. The maximum atomic E-state index is 13.3. The number of benzene rings is 3. The van der Waals surface area contributed by atoms with Crippen molar-refractivity contribution in [2.45, 2.75) is 36.2 Å². The maximum Gasteiger partial charge on any atom is 0.357 e. The van der Waals surface area contributed by atoms with Crippen LogP contribution in [-0.2, 0) is 42.1 Å². The van der Waals surface area contributed by atoms with Gasteiger partial charge in [-0.15, -0.1) is 5.10 Å². The van der Waals surface area contributed by atoms with E-state index in [2.05, 4.69) is 20.8 Å². The van der Waals surface area contributed by atoms with Crippen LogP contribution in [0.3, 0.4) is 0 Å². The number of nitrogens with one attached hydrogen (secondary N) is 1. The van der Waals surface area contributed by atoms with Crippen molar-refractivity contribution in [2.75, 3.05) is 12.4 Å². The summed E-state index contributed by atoms with van der Waals surface area (Å²) in [4.78, 5) is 52.7. The predicted molar refractivity (Wildman–Crippen MR) is 160 cm³/mol. The largest absolute Gasteiger partial charge is 0.449 e. The Morgan fingerprint density at radius 3 is 2.13 bits per heavy atom. The monoisotopic (exact) mass is 630 g/mol. The molecule has 232 valence electrons. The average Bonchev–Trinajstić information content (AvgIpc) is 3.48. The third kappa shape index (κ3) is 7.78. The number of carbonyl (C=O) groups excluding carboxylic acids is 4. The van der Waals surface area contributed by atoms with Crippen LogP contribution < -0.4 is 5.32 Å². The van der Waals surface area contributed by atoms with Crippen molar-refractivity contribution >= 4 is 35.3 Å². The zero-order valence-electron chi connectivity index (χ0n) is 24.1. The first-order valence-corrected chi connectivity index (χ1v) is 14.9. The van der Waals surface area contributed by atoms with Crippen LogP contribution in [-0.4, -0.2) is 84.6 Å². The Balaban J connectivity index is 1.29. The van der Waals surface area contributed by atoms with Gasteiger partial charge in [0.1, 0.15) is 6.61 Å². The fourth-order valence-electron chi connectivity index (χ4n) is 4.64. The molecule has 2 amide bonds. The van der Waals surface area contributed by atoms with Gasteiger partial charge in [0, 0.05) is 7.05 Å². The number of hydrogen-bond donors (Lipinski definition) is 2. The Kier molecular flexibility index (Phi) is 10.3. The Morgan fingerprint density at radius 1 is 0.956 bits per heavy atom. The second-order valence-corrected chi connectivity index (χ2v) is 11.0. The van der Waals surface area contributed by atoms with Gasteiger partial charge in [0.25, 0.3) is 5.91 Å². The number of Topliss-reactive ketones (excluding diaryl/α,β-unsaturated/α-hetero) is 1. The molecule has 1 aromatic heterocycles. The van der Waals surface area contributed by atoms with Gasteiger partial charge in [-0.3, -0.25) is 19.3 Å². The highest BCUT2D eigenvalue weighted by molar-refractivity contribution is 7.99. The smallest absolute Gasteiger partial charge is 0.357 e. The number of thioether (sulfide) groups is 1. The van der Waals surface area contributed by atoms with Crippen LogP contribution in [0.15, 0.2) is 96.2 Å². The number of hydrogen-bond acceptors (Lipinski definition) is 11. The van der Waals surface area contributed by atoms with Crippen molar-refractivity contribution in [3.63, 3.8) is 0 Å². The highest BCUT2D eigenvalue weighted by Crippen LogP contribution is 2.29. The molecule has 3 aromatic carbocycles. The molecule has 0 bridgehead atoms. The van der Waals surface area contributed by atoms with Crippen molar-refractivity contribution in [3.8, 4) is 0 Å². The van der Waals surface area contributed by atoms with E-state index in [0.717, 1.165) is 22.2 Å². The van der Waals surface area contributed by atoms with Crippen molar-refractivity contribution < 1.29 is 33.8 Å². The maximum absolute atomic E-state index is 13.3. The van der Waals surface area contributed by atoms with Crippen molar-refractivity contribution in [1.82, 2.24) is 30.4 Å². The lowest BCUT2D eigenvalue weighted by atomic mass is 10.0. The zero-order valence-corrected chi connectivity index (χ0v) is 24.9. The summed E-state index contributed by atoms with van der Waals surface area (Å²) in [5, 5.41) is 25.1. The number of aliphatic hydroxyl groups excluding tert-OH is 1. The minimum Gasteiger partial charge on any atom is -0.449 e. The lowest BCUT2D eigenvalue weighted by molar-refractivity contribution is -0.220. The fourth-order valence-corrected chi connectivity index (χ4v) is 5.34. The third-order valence-electron chi connectivity index (χ3n) is 6.88. The van der Waals surface area contributed by atoms with Gasteiger partial charge >= 0.3 is 5.97 Å². The second-order valence-electron chi connectivity index (χ2n) is 10.1. The average molecular weight is 631 g/mol. The minimum absolute atomic E-state index is 0.0148. The van der Waals surface area contributed by atoms with Crippen LogP contribution >= 0.6 is 11.8 Å². The first kappa shape index (κ1) is 31.5. The number of β-lactam (4-membered cyclic amide) rings is 1. The van der Waals surface area contributed by atoms with Gasteiger partial charge in [-0.05, 0) is 27.1 Å². The molecule has 1 aliphatic rings. The van der Waals surface area contributed by atoms with Crippen molar-refractivity contribution in [1.29, 1.82) is 0 Å². The van der Waals surface area contributed by atoms with E-state index in [1.165, 1.54) is 4.68 Å². The second kappa shape index (κ2) is 14.7. The summed E-state index contributed by atoms with van der Waals surface area (Å²) in [5.41, 5.74) is 2.02. The summed E-state index contributed by atoms with van der Waals surface area (Å²) >= 11 is 1.09. The number of likely N-dealkylation sites (tertiary alicyclic amines) is 1. The summed E-state index contributed by atoms with van der Waals surface area (Å²) in [7, 11) is 1.63. The van der Waals surface area contributed by atoms with Crippen LogP contribution in [0.25, 0.3) is 0 Å². The number of rotatable bonds is 14. The molecule has 1 fully saturated rings. The summed E-state index contributed by atoms with van der Waals surface area (Å²) in [6, 6.07) is 25.6. The molecule has 5 rings (SSSR count). The number of aliphatic hydroxyl groups is 1. The van der Waals surface area contributed by atoms with E-state index in [-0.39, 0.29) is 18.0 Å². The van der Waals surface area contributed by atoms with Gasteiger partial charge in [0.2, 0.25) is 17.3 Å². The van der Waals surface area contributed by atoms with E-state index in [9.17, 15) is 24.3 Å². The van der Waals surface area contributed by atoms with Gasteiger partial charge < -0.3 is 19.9 Å². The quantitative estimate of drug-likeness (QED) is 0.118. The lowest BCUT2D eigenvalue weighted by Gasteiger charge is -2.47. The van der Waals surface area contributed by atoms with Gasteiger partial charge in [0.15, 0.2) is 24.2 Å². The number of nitrogens with zero attached hydrogens (tertiary/aromatic N) is 5. The third-order valence-corrected chi connectivity index (χ3v) is 7.95. The Labute approximate surface area is 262 Å². The molecule has 0 spiro atoms. The number of ether oxygens (including phenoxy) is 2. The number of amides is 2. The topological polar surface area (TPSA) is 166 Å². The van der Waals surface area contributed by atoms with Crippen LogP contribution in [0, 0.1) is 0 Å². The minimum atomic E-state index is -2.08. The van der Waals surface area contributed by atoms with E-state index in [1.807, 2.05) is 18.2 Å². The molecule has 0 aliphatic carbocycles. The van der Waals surface area contributed by atoms with Crippen LogP contribution in [0.2, 0.25) is 0 Å². The fraction of sp³-hybridized carbons (Fsp3) is 0.258. The molecule has 0 radical (unpaired) electrons. The first-order chi connectivity index (χ1) is 21.8. The molecule has 1 saturated heterocycles. The summed E-state index contributed by atoms with van der Waals surface area (Å²) in [5.74, 6) is -2.77. The molecule has 1 unspecified atom stereocenters. The number of esters is 1. The number of tetrazole rings is 1.